The number of carbonyl (C=O) groups is 1. The number of aromatic hydroxyl groups is 1. The van der Waals surface area contributed by atoms with E-state index in [9.17, 15) is 9.90 Å². The molecule has 1 heterocycles. The number of hydrogen-bond acceptors (Lipinski definition) is 4. The van der Waals surface area contributed by atoms with Crippen LogP contribution in [0.4, 0.5) is 5.82 Å². The lowest BCUT2D eigenvalue weighted by Crippen LogP contribution is -2.26. The summed E-state index contributed by atoms with van der Waals surface area (Å²) in [5.74, 6) is 0.329. The minimum atomic E-state index is -0.225. The number of anilines is 1. The van der Waals surface area contributed by atoms with Crippen molar-refractivity contribution in [3.8, 4) is 5.75 Å². The minimum absolute atomic E-state index is 0.172. The fourth-order valence-corrected chi connectivity index (χ4v) is 2.33. The predicted molar refractivity (Wildman–Crippen MR) is 84.5 cm³/mol. The SMILES string of the molecule is C[C@@H](NC(=O)c1ccc2[nH]nc(N)c2c1)c1cccc(O)c1. The number of amides is 1. The number of rotatable bonds is 3. The van der Waals surface area contributed by atoms with Crippen LogP contribution in [0.1, 0.15) is 28.9 Å². The number of H-pyrrole nitrogens is 1. The van der Waals surface area contributed by atoms with Gasteiger partial charge in [-0.25, -0.2) is 0 Å². The first-order valence-electron chi connectivity index (χ1n) is 6.88. The van der Waals surface area contributed by atoms with Crippen molar-refractivity contribution >= 4 is 22.6 Å². The number of benzene rings is 2. The largest absolute Gasteiger partial charge is 0.508 e. The Labute approximate surface area is 127 Å². The second kappa shape index (κ2) is 5.40. The Morgan fingerprint density at radius 1 is 1.32 bits per heavy atom. The summed E-state index contributed by atoms with van der Waals surface area (Å²) in [7, 11) is 0. The molecule has 22 heavy (non-hydrogen) atoms. The number of carbonyl (C=O) groups excluding carboxylic acids is 1. The second-order valence-electron chi connectivity index (χ2n) is 5.16. The molecule has 3 aromatic rings. The smallest absolute Gasteiger partial charge is 0.251 e. The lowest BCUT2D eigenvalue weighted by molar-refractivity contribution is 0.0940. The molecule has 6 nitrogen and oxygen atoms in total. The number of hydrogen-bond donors (Lipinski definition) is 4. The average Bonchev–Trinajstić information content (AvgIpc) is 2.88. The quantitative estimate of drug-likeness (QED) is 0.595. The van der Waals surface area contributed by atoms with Gasteiger partial charge < -0.3 is 16.2 Å². The average molecular weight is 296 g/mol. The highest BCUT2D eigenvalue weighted by Gasteiger charge is 2.13. The van der Waals surface area contributed by atoms with E-state index in [2.05, 4.69) is 15.5 Å². The monoisotopic (exact) mass is 296 g/mol. The third-order valence-electron chi connectivity index (χ3n) is 3.57. The van der Waals surface area contributed by atoms with Gasteiger partial charge in [-0.05, 0) is 42.8 Å². The highest BCUT2D eigenvalue weighted by atomic mass is 16.3. The number of aromatic amines is 1. The molecule has 1 amide bonds. The fourth-order valence-electron chi connectivity index (χ4n) is 2.33. The van der Waals surface area contributed by atoms with Crippen LogP contribution in [0.5, 0.6) is 5.75 Å². The van der Waals surface area contributed by atoms with Crippen LogP contribution in [-0.4, -0.2) is 21.2 Å². The number of fused-ring (bicyclic) bond motifs is 1. The predicted octanol–water partition coefficient (Wildman–Crippen LogP) is 2.34. The maximum absolute atomic E-state index is 12.3. The molecular weight excluding hydrogens is 280 g/mol. The lowest BCUT2D eigenvalue weighted by Gasteiger charge is -2.14. The van der Waals surface area contributed by atoms with Gasteiger partial charge in [0.05, 0.1) is 11.6 Å². The normalized spacial score (nSPS) is 12.2. The molecule has 6 heteroatoms. The van der Waals surface area contributed by atoms with Crippen LogP contribution < -0.4 is 11.1 Å². The van der Waals surface area contributed by atoms with Crippen LogP contribution in [0.25, 0.3) is 10.9 Å². The first kappa shape index (κ1) is 13.9. The maximum Gasteiger partial charge on any atom is 0.251 e. The van der Waals surface area contributed by atoms with Crippen molar-refractivity contribution in [2.45, 2.75) is 13.0 Å². The summed E-state index contributed by atoms with van der Waals surface area (Å²) in [6.07, 6.45) is 0. The molecule has 0 fully saturated rings. The van der Waals surface area contributed by atoms with Crippen molar-refractivity contribution in [1.82, 2.24) is 15.5 Å². The first-order valence-corrected chi connectivity index (χ1v) is 6.88. The minimum Gasteiger partial charge on any atom is -0.508 e. The van der Waals surface area contributed by atoms with Gasteiger partial charge in [0.25, 0.3) is 5.91 Å². The van der Waals surface area contributed by atoms with E-state index in [4.69, 9.17) is 5.73 Å². The molecule has 0 bridgehead atoms. The van der Waals surface area contributed by atoms with Crippen LogP contribution in [0.15, 0.2) is 42.5 Å². The van der Waals surface area contributed by atoms with Crippen LogP contribution in [0, 0.1) is 0 Å². The summed E-state index contributed by atoms with van der Waals surface area (Å²) in [5, 5.41) is 19.8. The van der Waals surface area contributed by atoms with Crippen LogP contribution in [-0.2, 0) is 0 Å². The topological polar surface area (TPSA) is 104 Å². The number of aromatic nitrogens is 2. The number of nitrogens with two attached hydrogens (primary N) is 1. The van der Waals surface area contributed by atoms with Crippen LogP contribution in [0.3, 0.4) is 0 Å². The molecule has 0 radical (unpaired) electrons. The summed E-state index contributed by atoms with van der Waals surface area (Å²) in [5.41, 5.74) is 7.88. The van der Waals surface area contributed by atoms with Gasteiger partial charge in [0, 0.05) is 10.9 Å². The van der Waals surface area contributed by atoms with E-state index >= 15 is 0 Å². The molecule has 3 rings (SSSR count). The molecule has 0 unspecified atom stereocenters. The standard InChI is InChI=1S/C16H16N4O2/c1-9(10-3-2-4-12(21)7-10)18-16(22)11-5-6-14-13(8-11)15(17)20-19-14/h2-9,21H,1H3,(H,18,22)(H3,17,19,20)/t9-/m1/s1. The van der Waals surface area contributed by atoms with Gasteiger partial charge in [-0.15, -0.1) is 0 Å². The molecule has 0 saturated heterocycles. The van der Waals surface area contributed by atoms with Crippen molar-refractivity contribution in [3.63, 3.8) is 0 Å². The summed E-state index contributed by atoms with van der Waals surface area (Å²) < 4.78 is 0. The fraction of sp³-hybridized carbons (Fsp3) is 0.125. The van der Waals surface area contributed by atoms with Crippen molar-refractivity contribution in [2.24, 2.45) is 0 Å². The summed E-state index contributed by atoms with van der Waals surface area (Å²) in [4.78, 5) is 12.3. The Bertz CT molecular complexity index is 841. The van der Waals surface area contributed by atoms with Gasteiger partial charge in [-0.3, -0.25) is 9.89 Å². The third kappa shape index (κ3) is 2.58. The summed E-state index contributed by atoms with van der Waals surface area (Å²) >= 11 is 0. The Morgan fingerprint density at radius 3 is 2.91 bits per heavy atom. The number of phenolic OH excluding ortho intramolecular Hbond substituents is 1. The first-order chi connectivity index (χ1) is 10.5. The van der Waals surface area contributed by atoms with Crippen molar-refractivity contribution in [3.05, 3.63) is 53.6 Å². The van der Waals surface area contributed by atoms with Crippen LogP contribution >= 0.6 is 0 Å². The highest BCUT2D eigenvalue weighted by molar-refractivity contribution is 6.00. The summed E-state index contributed by atoms with van der Waals surface area (Å²) in [6.45, 7) is 1.86. The van der Waals surface area contributed by atoms with E-state index in [0.717, 1.165) is 16.5 Å². The molecule has 112 valence electrons. The molecule has 0 aliphatic carbocycles. The van der Waals surface area contributed by atoms with Gasteiger partial charge in [0.15, 0.2) is 5.82 Å². The zero-order chi connectivity index (χ0) is 15.7. The summed E-state index contributed by atoms with van der Waals surface area (Å²) in [6, 6.07) is 11.8. The van der Waals surface area contributed by atoms with E-state index in [1.54, 1.807) is 36.4 Å². The molecule has 5 N–H and O–H groups in total. The van der Waals surface area contributed by atoms with Crippen molar-refractivity contribution in [2.75, 3.05) is 5.73 Å². The zero-order valence-electron chi connectivity index (χ0n) is 12.0. The molecule has 0 spiro atoms. The Hall–Kier alpha value is -3.02. The Morgan fingerprint density at radius 2 is 2.14 bits per heavy atom. The van der Waals surface area contributed by atoms with Crippen LogP contribution in [0.2, 0.25) is 0 Å². The second-order valence-corrected chi connectivity index (χ2v) is 5.16. The molecule has 1 aromatic heterocycles. The molecule has 0 aliphatic rings. The molecule has 2 aromatic carbocycles. The van der Waals surface area contributed by atoms with Gasteiger partial charge in [0.1, 0.15) is 5.75 Å². The Kier molecular flexibility index (Phi) is 3.42. The van der Waals surface area contributed by atoms with E-state index in [1.807, 2.05) is 13.0 Å². The zero-order valence-corrected chi connectivity index (χ0v) is 12.0. The number of phenols is 1. The lowest BCUT2D eigenvalue weighted by atomic mass is 10.1. The van der Waals surface area contributed by atoms with Crippen molar-refractivity contribution in [1.29, 1.82) is 0 Å². The van der Waals surface area contributed by atoms with Gasteiger partial charge in [-0.1, -0.05) is 12.1 Å². The van der Waals surface area contributed by atoms with Gasteiger partial charge in [-0.2, -0.15) is 5.10 Å². The number of nitrogen functional groups attached to an aromatic ring is 1. The third-order valence-corrected chi connectivity index (χ3v) is 3.57. The van der Waals surface area contributed by atoms with Gasteiger partial charge in [0.2, 0.25) is 0 Å². The number of nitrogens with one attached hydrogen (secondary N) is 2. The highest BCUT2D eigenvalue weighted by Crippen LogP contribution is 2.21. The van der Waals surface area contributed by atoms with E-state index in [-0.39, 0.29) is 17.7 Å². The molecule has 0 aliphatic heterocycles. The van der Waals surface area contributed by atoms with E-state index in [0.29, 0.717) is 11.4 Å². The van der Waals surface area contributed by atoms with Gasteiger partial charge >= 0.3 is 0 Å². The number of nitrogens with zero attached hydrogens (tertiary/aromatic N) is 1. The molecule has 0 saturated carbocycles. The Balaban J connectivity index is 1.82. The molecule has 1 atom stereocenters. The van der Waals surface area contributed by atoms with E-state index in [1.165, 1.54) is 0 Å². The maximum atomic E-state index is 12.3. The molecular formula is C16H16N4O2. The van der Waals surface area contributed by atoms with E-state index < -0.39 is 0 Å². The van der Waals surface area contributed by atoms with Crippen molar-refractivity contribution < 1.29 is 9.90 Å².